The lowest BCUT2D eigenvalue weighted by atomic mass is 10.3. The Balaban J connectivity index is 1.87. The van der Waals surface area contributed by atoms with Crippen LogP contribution in [0.3, 0.4) is 0 Å². The first-order chi connectivity index (χ1) is 7.75. The lowest BCUT2D eigenvalue weighted by Crippen LogP contribution is -2.16. The van der Waals surface area contributed by atoms with Gasteiger partial charge in [-0.15, -0.1) is 10.2 Å². The molecule has 0 aliphatic heterocycles. The standard InChI is InChI=1S/C10H12BrN5/c1-16-7-13-15-10(16)6-12-5-8-3-2-4-9(11)14-8/h2-4,7,12H,5-6H2,1H3. The van der Waals surface area contributed by atoms with E-state index in [1.807, 2.05) is 29.8 Å². The van der Waals surface area contributed by atoms with E-state index in [0.717, 1.165) is 16.1 Å². The van der Waals surface area contributed by atoms with Crippen molar-refractivity contribution in [1.29, 1.82) is 0 Å². The van der Waals surface area contributed by atoms with Crippen molar-refractivity contribution in [1.82, 2.24) is 25.1 Å². The minimum Gasteiger partial charge on any atom is -0.320 e. The highest BCUT2D eigenvalue weighted by Crippen LogP contribution is 2.05. The second kappa shape index (κ2) is 5.18. The molecule has 0 saturated carbocycles. The summed E-state index contributed by atoms with van der Waals surface area (Å²) in [5.74, 6) is 0.912. The molecule has 0 fully saturated rings. The van der Waals surface area contributed by atoms with Crippen LogP contribution in [0.5, 0.6) is 0 Å². The first-order valence-electron chi connectivity index (χ1n) is 4.91. The van der Waals surface area contributed by atoms with Gasteiger partial charge in [-0.2, -0.15) is 0 Å². The van der Waals surface area contributed by atoms with E-state index < -0.39 is 0 Å². The Morgan fingerprint density at radius 3 is 2.94 bits per heavy atom. The van der Waals surface area contributed by atoms with Crippen LogP contribution < -0.4 is 5.32 Å². The van der Waals surface area contributed by atoms with Gasteiger partial charge in [-0.25, -0.2) is 4.98 Å². The van der Waals surface area contributed by atoms with E-state index in [0.29, 0.717) is 13.1 Å². The molecule has 2 aromatic rings. The number of nitrogens with zero attached hydrogens (tertiary/aromatic N) is 4. The summed E-state index contributed by atoms with van der Waals surface area (Å²) in [6.45, 7) is 1.40. The summed E-state index contributed by atoms with van der Waals surface area (Å²) in [5, 5.41) is 11.1. The molecule has 0 bridgehead atoms. The van der Waals surface area contributed by atoms with Gasteiger partial charge < -0.3 is 9.88 Å². The molecule has 0 aliphatic carbocycles. The SMILES string of the molecule is Cn1cnnc1CNCc1cccc(Br)n1. The van der Waals surface area contributed by atoms with Gasteiger partial charge in [0.2, 0.25) is 0 Å². The highest BCUT2D eigenvalue weighted by molar-refractivity contribution is 9.10. The first-order valence-corrected chi connectivity index (χ1v) is 5.70. The summed E-state index contributed by atoms with van der Waals surface area (Å²) < 4.78 is 2.74. The van der Waals surface area contributed by atoms with Crippen molar-refractivity contribution in [2.24, 2.45) is 7.05 Å². The Labute approximate surface area is 102 Å². The molecule has 6 heteroatoms. The molecular formula is C10H12BrN5. The Hall–Kier alpha value is -1.27. The number of pyridine rings is 1. The van der Waals surface area contributed by atoms with Crippen molar-refractivity contribution in [2.45, 2.75) is 13.1 Å². The Morgan fingerprint density at radius 2 is 2.25 bits per heavy atom. The predicted octanol–water partition coefficient (Wildman–Crippen LogP) is 1.26. The van der Waals surface area contributed by atoms with Crippen molar-refractivity contribution >= 4 is 15.9 Å². The summed E-state index contributed by atoms with van der Waals surface area (Å²) in [7, 11) is 1.92. The molecular weight excluding hydrogens is 270 g/mol. The molecule has 1 N–H and O–H groups in total. The van der Waals surface area contributed by atoms with Gasteiger partial charge in [-0.3, -0.25) is 0 Å². The van der Waals surface area contributed by atoms with E-state index in [1.165, 1.54) is 0 Å². The first kappa shape index (κ1) is 11.2. The highest BCUT2D eigenvalue weighted by Gasteiger charge is 2.00. The van der Waals surface area contributed by atoms with Gasteiger partial charge >= 0.3 is 0 Å². The fraction of sp³-hybridized carbons (Fsp3) is 0.300. The van der Waals surface area contributed by atoms with Gasteiger partial charge in [0, 0.05) is 13.6 Å². The Bertz CT molecular complexity index is 468. The second-order valence-electron chi connectivity index (χ2n) is 3.41. The van der Waals surface area contributed by atoms with Crippen LogP contribution in [-0.2, 0) is 20.1 Å². The maximum Gasteiger partial charge on any atom is 0.146 e. The van der Waals surface area contributed by atoms with E-state index in [1.54, 1.807) is 6.33 Å². The largest absolute Gasteiger partial charge is 0.320 e. The van der Waals surface area contributed by atoms with Gasteiger partial charge in [0.15, 0.2) is 0 Å². The number of rotatable bonds is 4. The van der Waals surface area contributed by atoms with Crippen LogP contribution in [0.2, 0.25) is 0 Å². The minimum absolute atomic E-state index is 0.685. The van der Waals surface area contributed by atoms with Crippen LogP contribution in [0.15, 0.2) is 29.1 Å². The van der Waals surface area contributed by atoms with E-state index in [9.17, 15) is 0 Å². The average Bonchev–Trinajstić information content (AvgIpc) is 2.65. The average molecular weight is 282 g/mol. The smallest absolute Gasteiger partial charge is 0.146 e. The van der Waals surface area contributed by atoms with Gasteiger partial charge in [0.05, 0.1) is 12.2 Å². The van der Waals surface area contributed by atoms with Gasteiger partial charge in [0.1, 0.15) is 16.8 Å². The molecule has 0 spiro atoms. The molecule has 2 aromatic heterocycles. The molecule has 5 nitrogen and oxygen atoms in total. The lowest BCUT2D eigenvalue weighted by Gasteiger charge is -2.03. The fourth-order valence-corrected chi connectivity index (χ4v) is 1.70. The zero-order chi connectivity index (χ0) is 11.4. The molecule has 0 atom stereocenters. The Morgan fingerprint density at radius 1 is 1.38 bits per heavy atom. The lowest BCUT2D eigenvalue weighted by molar-refractivity contribution is 0.628. The van der Waals surface area contributed by atoms with Gasteiger partial charge in [-0.1, -0.05) is 6.07 Å². The molecule has 0 aromatic carbocycles. The van der Waals surface area contributed by atoms with Crippen LogP contribution in [0.4, 0.5) is 0 Å². The molecule has 84 valence electrons. The topological polar surface area (TPSA) is 55.6 Å². The quantitative estimate of drug-likeness (QED) is 0.858. The highest BCUT2D eigenvalue weighted by atomic mass is 79.9. The van der Waals surface area contributed by atoms with Crippen LogP contribution in [0.1, 0.15) is 11.5 Å². The van der Waals surface area contributed by atoms with Crippen molar-refractivity contribution in [3.8, 4) is 0 Å². The summed E-state index contributed by atoms with van der Waals surface area (Å²) in [6, 6.07) is 5.86. The molecule has 0 radical (unpaired) electrons. The van der Waals surface area contributed by atoms with E-state index >= 15 is 0 Å². The fourth-order valence-electron chi connectivity index (χ4n) is 1.32. The van der Waals surface area contributed by atoms with E-state index in [4.69, 9.17) is 0 Å². The van der Waals surface area contributed by atoms with Gasteiger partial charge in [0.25, 0.3) is 0 Å². The molecule has 16 heavy (non-hydrogen) atoms. The number of halogens is 1. The van der Waals surface area contributed by atoms with Crippen LogP contribution in [-0.4, -0.2) is 19.7 Å². The normalized spacial score (nSPS) is 10.6. The number of hydrogen-bond acceptors (Lipinski definition) is 4. The minimum atomic E-state index is 0.685. The second-order valence-corrected chi connectivity index (χ2v) is 4.23. The summed E-state index contributed by atoms with van der Waals surface area (Å²) in [5.41, 5.74) is 0.997. The van der Waals surface area contributed by atoms with Gasteiger partial charge in [-0.05, 0) is 28.1 Å². The molecule has 2 rings (SSSR count). The predicted molar refractivity (Wildman–Crippen MR) is 63.5 cm³/mol. The van der Waals surface area contributed by atoms with Crippen molar-refractivity contribution in [3.05, 3.63) is 40.6 Å². The number of aromatic nitrogens is 4. The number of nitrogens with one attached hydrogen (secondary N) is 1. The summed E-state index contributed by atoms with van der Waals surface area (Å²) in [4.78, 5) is 4.33. The third kappa shape index (κ3) is 2.86. The third-order valence-corrected chi connectivity index (χ3v) is 2.61. The molecule has 0 unspecified atom stereocenters. The molecule has 0 saturated heterocycles. The zero-order valence-electron chi connectivity index (χ0n) is 8.89. The van der Waals surface area contributed by atoms with Crippen molar-refractivity contribution < 1.29 is 0 Å². The van der Waals surface area contributed by atoms with E-state index in [2.05, 4.69) is 36.4 Å². The maximum atomic E-state index is 4.33. The number of hydrogen-bond donors (Lipinski definition) is 1. The van der Waals surface area contributed by atoms with Crippen molar-refractivity contribution in [3.63, 3.8) is 0 Å². The molecule has 0 aliphatic rings. The van der Waals surface area contributed by atoms with E-state index in [-0.39, 0.29) is 0 Å². The van der Waals surface area contributed by atoms with Crippen LogP contribution >= 0.6 is 15.9 Å². The molecule has 0 amide bonds. The summed E-state index contributed by atoms with van der Waals surface area (Å²) in [6.07, 6.45) is 1.69. The van der Waals surface area contributed by atoms with Crippen LogP contribution in [0.25, 0.3) is 0 Å². The Kier molecular flexibility index (Phi) is 3.63. The zero-order valence-corrected chi connectivity index (χ0v) is 10.5. The van der Waals surface area contributed by atoms with Crippen LogP contribution in [0, 0.1) is 0 Å². The third-order valence-electron chi connectivity index (χ3n) is 2.17. The van der Waals surface area contributed by atoms with Crippen molar-refractivity contribution in [2.75, 3.05) is 0 Å². The monoisotopic (exact) mass is 281 g/mol. The number of aryl methyl sites for hydroxylation is 1. The molecule has 2 heterocycles. The maximum absolute atomic E-state index is 4.33. The summed E-state index contributed by atoms with van der Waals surface area (Å²) >= 11 is 3.34.